The summed E-state index contributed by atoms with van der Waals surface area (Å²) >= 11 is 5.84. The van der Waals surface area contributed by atoms with Crippen molar-refractivity contribution in [2.45, 2.75) is 20.1 Å². The second-order valence-electron chi connectivity index (χ2n) is 4.34. The Morgan fingerprint density at radius 1 is 0.947 bits per heavy atom. The van der Waals surface area contributed by atoms with E-state index in [0.717, 1.165) is 29.4 Å². The van der Waals surface area contributed by atoms with Crippen LogP contribution in [0.3, 0.4) is 0 Å². The van der Waals surface area contributed by atoms with Gasteiger partial charge in [-0.05, 0) is 41.9 Å². The molecule has 0 aliphatic rings. The average molecular weight is 276 g/mol. The molecule has 0 radical (unpaired) electrons. The SMILES string of the molecule is CCNCc1ccc(OCc2ccc(Cl)cc2)cc1. The molecule has 0 aliphatic carbocycles. The van der Waals surface area contributed by atoms with Crippen LogP contribution in [0.25, 0.3) is 0 Å². The maximum absolute atomic E-state index is 5.84. The fraction of sp³-hybridized carbons (Fsp3) is 0.250. The molecule has 2 rings (SSSR count). The molecule has 0 saturated carbocycles. The lowest BCUT2D eigenvalue weighted by Gasteiger charge is -2.08. The van der Waals surface area contributed by atoms with Crippen LogP contribution in [-0.4, -0.2) is 6.54 Å². The van der Waals surface area contributed by atoms with Crippen molar-refractivity contribution in [2.24, 2.45) is 0 Å². The van der Waals surface area contributed by atoms with Crippen LogP contribution in [0.15, 0.2) is 48.5 Å². The fourth-order valence-electron chi connectivity index (χ4n) is 1.72. The molecule has 100 valence electrons. The first-order valence-electron chi connectivity index (χ1n) is 6.45. The molecule has 19 heavy (non-hydrogen) atoms. The van der Waals surface area contributed by atoms with Gasteiger partial charge in [0, 0.05) is 11.6 Å². The topological polar surface area (TPSA) is 21.3 Å². The Balaban J connectivity index is 1.87. The number of nitrogens with one attached hydrogen (secondary N) is 1. The second-order valence-corrected chi connectivity index (χ2v) is 4.78. The quantitative estimate of drug-likeness (QED) is 0.859. The lowest BCUT2D eigenvalue weighted by molar-refractivity contribution is 0.306. The second kappa shape index (κ2) is 7.17. The van der Waals surface area contributed by atoms with Gasteiger partial charge in [0.1, 0.15) is 12.4 Å². The minimum atomic E-state index is 0.559. The lowest BCUT2D eigenvalue weighted by Crippen LogP contribution is -2.11. The predicted octanol–water partition coefficient (Wildman–Crippen LogP) is 4.03. The Hall–Kier alpha value is -1.51. The molecule has 0 atom stereocenters. The summed E-state index contributed by atoms with van der Waals surface area (Å²) in [5.41, 5.74) is 2.38. The van der Waals surface area contributed by atoms with Crippen molar-refractivity contribution in [3.8, 4) is 5.75 Å². The molecular weight excluding hydrogens is 258 g/mol. The van der Waals surface area contributed by atoms with Gasteiger partial charge in [0.05, 0.1) is 0 Å². The highest BCUT2D eigenvalue weighted by Crippen LogP contribution is 2.15. The number of hydrogen-bond acceptors (Lipinski definition) is 2. The Bertz CT molecular complexity index is 493. The van der Waals surface area contributed by atoms with E-state index in [9.17, 15) is 0 Å². The zero-order valence-electron chi connectivity index (χ0n) is 11.0. The largest absolute Gasteiger partial charge is 0.489 e. The van der Waals surface area contributed by atoms with Gasteiger partial charge in [0.2, 0.25) is 0 Å². The summed E-state index contributed by atoms with van der Waals surface area (Å²) in [6, 6.07) is 15.9. The normalized spacial score (nSPS) is 10.4. The molecule has 1 N–H and O–H groups in total. The van der Waals surface area contributed by atoms with Gasteiger partial charge >= 0.3 is 0 Å². The fourth-order valence-corrected chi connectivity index (χ4v) is 1.85. The van der Waals surface area contributed by atoms with Gasteiger partial charge in [-0.1, -0.05) is 42.8 Å². The van der Waals surface area contributed by atoms with Crippen LogP contribution in [0, 0.1) is 0 Å². The van der Waals surface area contributed by atoms with Gasteiger partial charge < -0.3 is 10.1 Å². The van der Waals surface area contributed by atoms with Crippen molar-refractivity contribution >= 4 is 11.6 Å². The molecule has 0 saturated heterocycles. The van der Waals surface area contributed by atoms with Gasteiger partial charge in [0.25, 0.3) is 0 Å². The summed E-state index contributed by atoms with van der Waals surface area (Å²) in [4.78, 5) is 0. The number of hydrogen-bond donors (Lipinski definition) is 1. The number of benzene rings is 2. The third kappa shape index (κ3) is 4.58. The Morgan fingerprint density at radius 3 is 2.21 bits per heavy atom. The zero-order chi connectivity index (χ0) is 13.5. The van der Waals surface area contributed by atoms with Crippen molar-refractivity contribution in [1.82, 2.24) is 5.32 Å². The Morgan fingerprint density at radius 2 is 1.58 bits per heavy atom. The van der Waals surface area contributed by atoms with E-state index in [2.05, 4.69) is 24.4 Å². The molecule has 2 aromatic rings. The van der Waals surface area contributed by atoms with Crippen LogP contribution >= 0.6 is 11.6 Å². The summed E-state index contributed by atoms with van der Waals surface area (Å²) in [5.74, 6) is 0.884. The van der Waals surface area contributed by atoms with E-state index < -0.39 is 0 Å². The van der Waals surface area contributed by atoms with Crippen LogP contribution in [0.1, 0.15) is 18.1 Å². The number of rotatable bonds is 6. The monoisotopic (exact) mass is 275 g/mol. The first kappa shape index (κ1) is 13.9. The van der Waals surface area contributed by atoms with E-state index >= 15 is 0 Å². The molecule has 3 heteroatoms. The molecule has 0 fully saturated rings. The Labute approximate surface area is 119 Å². The molecule has 0 heterocycles. The predicted molar refractivity (Wildman–Crippen MR) is 79.6 cm³/mol. The third-order valence-corrected chi connectivity index (χ3v) is 3.07. The smallest absolute Gasteiger partial charge is 0.119 e. The summed E-state index contributed by atoms with van der Waals surface area (Å²) < 4.78 is 5.73. The molecular formula is C16H18ClNO. The minimum absolute atomic E-state index is 0.559. The van der Waals surface area contributed by atoms with E-state index in [4.69, 9.17) is 16.3 Å². The summed E-state index contributed by atoms with van der Waals surface area (Å²) in [6.45, 7) is 4.54. The first-order chi connectivity index (χ1) is 9.28. The van der Waals surface area contributed by atoms with E-state index in [-0.39, 0.29) is 0 Å². The summed E-state index contributed by atoms with van der Waals surface area (Å²) in [5, 5.41) is 4.04. The first-order valence-corrected chi connectivity index (χ1v) is 6.82. The van der Waals surface area contributed by atoms with Gasteiger partial charge in [0.15, 0.2) is 0 Å². The summed E-state index contributed by atoms with van der Waals surface area (Å²) in [6.07, 6.45) is 0. The number of halogens is 1. The van der Waals surface area contributed by atoms with E-state index in [1.165, 1.54) is 5.56 Å². The highest BCUT2D eigenvalue weighted by Gasteiger charge is 1.97. The van der Waals surface area contributed by atoms with Crippen molar-refractivity contribution < 1.29 is 4.74 Å². The molecule has 0 spiro atoms. The van der Waals surface area contributed by atoms with E-state index in [1.54, 1.807) is 0 Å². The highest BCUT2D eigenvalue weighted by atomic mass is 35.5. The minimum Gasteiger partial charge on any atom is -0.489 e. The zero-order valence-corrected chi connectivity index (χ0v) is 11.8. The van der Waals surface area contributed by atoms with Gasteiger partial charge in [-0.2, -0.15) is 0 Å². The molecule has 0 amide bonds. The molecule has 0 aromatic heterocycles. The van der Waals surface area contributed by atoms with Crippen molar-refractivity contribution in [2.75, 3.05) is 6.54 Å². The Kier molecular flexibility index (Phi) is 5.25. The van der Waals surface area contributed by atoms with Crippen LogP contribution in [-0.2, 0) is 13.2 Å². The van der Waals surface area contributed by atoms with Gasteiger partial charge in [-0.3, -0.25) is 0 Å². The van der Waals surface area contributed by atoms with Crippen molar-refractivity contribution in [3.63, 3.8) is 0 Å². The van der Waals surface area contributed by atoms with Crippen LogP contribution < -0.4 is 10.1 Å². The lowest BCUT2D eigenvalue weighted by atomic mass is 10.2. The molecule has 2 aromatic carbocycles. The van der Waals surface area contributed by atoms with Gasteiger partial charge in [-0.15, -0.1) is 0 Å². The van der Waals surface area contributed by atoms with Crippen LogP contribution in [0.5, 0.6) is 5.75 Å². The van der Waals surface area contributed by atoms with E-state index in [0.29, 0.717) is 6.61 Å². The molecule has 2 nitrogen and oxygen atoms in total. The van der Waals surface area contributed by atoms with E-state index in [1.807, 2.05) is 36.4 Å². The maximum Gasteiger partial charge on any atom is 0.119 e. The van der Waals surface area contributed by atoms with Crippen molar-refractivity contribution in [3.05, 3.63) is 64.7 Å². The third-order valence-electron chi connectivity index (χ3n) is 2.82. The van der Waals surface area contributed by atoms with Gasteiger partial charge in [-0.25, -0.2) is 0 Å². The van der Waals surface area contributed by atoms with Crippen LogP contribution in [0.4, 0.5) is 0 Å². The average Bonchev–Trinajstić information content (AvgIpc) is 2.46. The molecule has 0 aliphatic heterocycles. The molecule has 0 unspecified atom stereocenters. The van der Waals surface area contributed by atoms with Crippen LogP contribution in [0.2, 0.25) is 5.02 Å². The summed E-state index contributed by atoms with van der Waals surface area (Å²) in [7, 11) is 0. The maximum atomic E-state index is 5.84. The standard InChI is InChI=1S/C16H18ClNO/c1-2-18-11-13-5-9-16(10-6-13)19-12-14-3-7-15(17)8-4-14/h3-10,18H,2,11-12H2,1H3. The van der Waals surface area contributed by atoms with Crippen molar-refractivity contribution in [1.29, 1.82) is 0 Å². The number of ether oxygens (including phenoxy) is 1. The highest BCUT2D eigenvalue weighted by molar-refractivity contribution is 6.30. The molecule has 0 bridgehead atoms.